The van der Waals surface area contributed by atoms with Gasteiger partial charge in [-0.05, 0) is 42.7 Å². The average molecular weight is 480 g/mol. The van der Waals surface area contributed by atoms with Crippen molar-refractivity contribution in [2.45, 2.75) is 32.2 Å². The fourth-order valence-corrected chi connectivity index (χ4v) is 4.07. The quantitative estimate of drug-likeness (QED) is 0.212. The van der Waals surface area contributed by atoms with E-state index in [1.165, 1.54) is 30.4 Å². The highest BCUT2D eigenvalue weighted by molar-refractivity contribution is 5.96. The highest BCUT2D eigenvalue weighted by Gasteiger charge is 2.30. The first-order chi connectivity index (χ1) is 16.9. The van der Waals surface area contributed by atoms with Crippen LogP contribution in [0.25, 0.3) is 22.0 Å². The number of benzene rings is 2. The Morgan fingerprint density at radius 1 is 1.34 bits per heavy atom. The fraction of sp³-hybridized carbons (Fsp3) is 0.240. The number of ether oxygens (including phenoxy) is 1. The Hall–Kier alpha value is -4.21. The molecule has 1 saturated carbocycles. The summed E-state index contributed by atoms with van der Waals surface area (Å²) in [4.78, 5) is 14.6. The number of alkyl halides is 1. The lowest BCUT2D eigenvalue weighted by atomic mass is 10.0. The van der Waals surface area contributed by atoms with Gasteiger partial charge < -0.3 is 15.4 Å². The Balaban J connectivity index is 1.49. The Bertz CT molecular complexity index is 1430. The predicted molar refractivity (Wildman–Crippen MR) is 124 cm³/mol. The van der Waals surface area contributed by atoms with Crippen LogP contribution < -0.4 is 15.2 Å². The molecule has 0 atom stereocenters. The number of anilines is 1. The van der Waals surface area contributed by atoms with Crippen molar-refractivity contribution in [2.75, 3.05) is 12.8 Å². The smallest absolute Gasteiger partial charge is 0.275 e. The maximum absolute atomic E-state index is 15.7. The van der Waals surface area contributed by atoms with Crippen molar-refractivity contribution in [3.05, 3.63) is 71.4 Å². The number of nitrogens with two attached hydrogens (primary N) is 1. The third-order valence-electron chi connectivity index (χ3n) is 6.04. The van der Waals surface area contributed by atoms with Gasteiger partial charge in [-0.2, -0.15) is 5.10 Å². The standard InChI is InChI=1S/C25H23F2N5O3/c1-31(12-15-13-32(34)21(10-26)20-11-29-30-23(15)20)25(33)19-8-7-18(14-3-2-4-16(28)9-14)24(22(19)27)35-17-5-6-17/h2-4,7-9,11,13,17,34H,5-6,10,12,28H2,1H3/p+1. The van der Waals surface area contributed by atoms with E-state index < -0.39 is 18.4 Å². The van der Waals surface area contributed by atoms with E-state index in [9.17, 15) is 14.4 Å². The van der Waals surface area contributed by atoms with Crippen LogP contribution in [0.15, 0.2) is 48.8 Å². The SMILES string of the molecule is CN(Cc1c[n+](O)c(CF)c2cn[nH]c12)C(=O)c1ccc(-c2cccc(N)c2)c(OC2CC2)c1F. The molecular formula is C25H24F2N5O3+. The van der Waals surface area contributed by atoms with Crippen LogP contribution in [0.1, 0.15) is 34.5 Å². The Labute approximate surface area is 199 Å². The molecule has 1 aliphatic carbocycles. The first-order valence-electron chi connectivity index (χ1n) is 11.1. The number of H-pyrrole nitrogens is 1. The van der Waals surface area contributed by atoms with Gasteiger partial charge in [0.15, 0.2) is 18.2 Å². The monoisotopic (exact) mass is 480 g/mol. The van der Waals surface area contributed by atoms with Gasteiger partial charge in [-0.15, -0.1) is 0 Å². The second-order valence-electron chi connectivity index (χ2n) is 8.65. The van der Waals surface area contributed by atoms with Crippen molar-refractivity contribution < 1.29 is 28.2 Å². The number of aromatic amines is 1. The van der Waals surface area contributed by atoms with Crippen molar-refractivity contribution in [2.24, 2.45) is 0 Å². The maximum Gasteiger partial charge on any atom is 0.275 e. The molecule has 4 aromatic rings. The van der Waals surface area contributed by atoms with Gasteiger partial charge in [0.2, 0.25) is 6.20 Å². The van der Waals surface area contributed by atoms with E-state index >= 15 is 4.39 Å². The molecule has 1 fully saturated rings. The molecule has 1 aliphatic rings. The fourth-order valence-electron chi connectivity index (χ4n) is 4.07. The summed E-state index contributed by atoms with van der Waals surface area (Å²) < 4.78 is 35.6. The van der Waals surface area contributed by atoms with Gasteiger partial charge in [0.25, 0.3) is 11.6 Å². The molecule has 0 spiro atoms. The van der Waals surface area contributed by atoms with Gasteiger partial charge in [0.05, 0.1) is 40.9 Å². The molecular weight excluding hydrogens is 456 g/mol. The first-order valence-corrected chi connectivity index (χ1v) is 11.1. The van der Waals surface area contributed by atoms with Gasteiger partial charge in [-0.1, -0.05) is 12.1 Å². The molecule has 8 nitrogen and oxygen atoms in total. The van der Waals surface area contributed by atoms with E-state index in [-0.39, 0.29) is 29.7 Å². The van der Waals surface area contributed by atoms with Crippen LogP contribution in [0.4, 0.5) is 14.5 Å². The number of hydrogen-bond donors (Lipinski definition) is 3. The zero-order chi connectivity index (χ0) is 24.7. The van der Waals surface area contributed by atoms with E-state index in [1.54, 1.807) is 30.3 Å². The lowest BCUT2D eigenvalue weighted by Crippen LogP contribution is -2.36. The zero-order valence-electron chi connectivity index (χ0n) is 19.0. The van der Waals surface area contributed by atoms with Crippen LogP contribution in [0.3, 0.4) is 0 Å². The van der Waals surface area contributed by atoms with Gasteiger partial charge in [-0.3, -0.25) is 15.1 Å². The molecule has 35 heavy (non-hydrogen) atoms. The average Bonchev–Trinajstić information content (AvgIpc) is 3.52. The number of carbonyl (C=O) groups is 1. The van der Waals surface area contributed by atoms with Crippen LogP contribution in [0.2, 0.25) is 0 Å². The summed E-state index contributed by atoms with van der Waals surface area (Å²) >= 11 is 0. The minimum atomic E-state index is -0.893. The van der Waals surface area contributed by atoms with E-state index in [2.05, 4.69) is 10.2 Å². The molecule has 0 bridgehead atoms. The second-order valence-corrected chi connectivity index (χ2v) is 8.65. The van der Waals surface area contributed by atoms with Crippen LogP contribution >= 0.6 is 0 Å². The van der Waals surface area contributed by atoms with Gasteiger partial charge in [0, 0.05) is 23.0 Å². The van der Waals surface area contributed by atoms with Gasteiger partial charge >= 0.3 is 0 Å². The second kappa shape index (κ2) is 8.86. The number of carbonyl (C=O) groups excluding carboxylic acids is 1. The van der Waals surface area contributed by atoms with Gasteiger partial charge in [0.1, 0.15) is 0 Å². The minimum absolute atomic E-state index is 0.0138. The lowest BCUT2D eigenvalue weighted by molar-refractivity contribution is -0.909. The Morgan fingerprint density at radius 3 is 2.86 bits per heavy atom. The number of fused-ring (bicyclic) bond motifs is 1. The summed E-state index contributed by atoms with van der Waals surface area (Å²) in [6, 6.07) is 10.1. The predicted octanol–water partition coefficient (Wildman–Crippen LogP) is 3.76. The molecule has 180 valence electrons. The van der Waals surface area contributed by atoms with Crippen molar-refractivity contribution in [1.82, 2.24) is 15.1 Å². The van der Waals surface area contributed by atoms with Crippen molar-refractivity contribution in [3.63, 3.8) is 0 Å². The van der Waals surface area contributed by atoms with Crippen molar-refractivity contribution in [1.29, 1.82) is 0 Å². The number of pyridine rings is 1. The summed E-state index contributed by atoms with van der Waals surface area (Å²) in [6.45, 7) is -0.879. The highest BCUT2D eigenvalue weighted by atomic mass is 19.1. The Kier molecular flexibility index (Phi) is 5.72. The number of nitrogens with zero attached hydrogens (tertiary/aromatic N) is 3. The summed E-state index contributed by atoms with van der Waals surface area (Å²) in [5, 5.41) is 17.2. The number of nitrogen functional groups attached to an aromatic ring is 1. The molecule has 10 heteroatoms. The van der Waals surface area contributed by atoms with E-state index in [0.717, 1.165) is 12.8 Å². The van der Waals surface area contributed by atoms with Gasteiger partial charge in [-0.25, -0.2) is 8.78 Å². The molecule has 2 aromatic heterocycles. The van der Waals surface area contributed by atoms with E-state index in [0.29, 0.717) is 38.0 Å². The normalized spacial score (nSPS) is 13.2. The molecule has 1 amide bonds. The topological polar surface area (TPSA) is 108 Å². The summed E-state index contributed by atoms with van der Waals surface area (Å²) in [7, 11) is 1.52. The van der Waals surface area contributed by atoms with E-state index in [4.69, 9.17) is 10.5 Å². The van der Waals surface area contributed by atoms with E-state index in [1.807, 2.05) is 0 Å². The highest BCUT2D eigenvalue weighted by Crippen LogP contribution is 2.39. The molecule has 2 aromatic carbocycles. The molecule has 2 heterocycles. The lowest BCUT2D eigenvalue weighted by Gasteiger charge is -2.20. The van der Waals surface area contributed by atoms with Crippen molar-refractivity contribution in [3.8, 4) is 16.9 Å². The largest absolute Gasteiger partial charge is 0.487 e. The number of hydrogen-bond acceptors (Lipinski definition) is 5. The molecule has 0 unspecified atom stereocenters. The molecule has 0 saturated heterocycles. The number of aromatic nitrogens is 3. The van der Waals surface area contributed by atoms with Crippen LogP contribution in [-0.4, -0.2) is 39.4 Å². The molecule has 0 aliphatic heterocycles. The number of halogens is 2. The maximum atomic E-state index is 15.7. The third kappa shape index (κ3) is 4.23. The number of rotatable bonds is 7. The van der Waals surface area contributed by atoms with Crippen LogP contribution in [0, 0.1) is 5.82 Å². The Morgan fingerprint density at radius 2 is 2.14 bits per heavy atom. The molecule has 4 N–H and O–H groups in total. The summed E-state index contributed by atoms with van der Waals surface area (Å²) in [6.07, 6.45) is 4.27. The summed E-state index contributed by atoms with van der Waals surface area (Å²) in [5.74, 6) is -1.30. The third-order valence-corrected chi connectivity index (χ3v) is 6.04. The summed E-state index contributed by atoms with van der Waals surface area (Å²) in [5.41, 5.74) is 8.51. The zero-order valence-corrected chi connectivity index (χ0v) is 19.0. The molecule has 0 radical (unpaired) electrons. The molecule has 5 rings (SSSR count). The van der Waals surface area contributed by atoms with Crippen LogP contribution in [-0.2, 0) is 13.2 Å². The number of nitrogens with one attached hydrogen (secondary N) is 1. The van der Waals surface area contributed by atoms with Crippen molar-refractivity contribution >= 4 is 22.5 Å². The first kappa shape index (κ1) is 22.6. The number of amides is 1. The minimum Gasteiger partial charge on any atom is -0.487 e. The van der Waals surface area contributed by atoms with Crippen LogP contribution in [0.5, 0.6) is 5.75 Å².